The van der Waals surface area contributed by atoms with E-state index in [1.165, 1.54) is 0 Å². The Hall–Kier alpha value is -2.67. The Balaban J connectivity index is 1.42. The maximum Gasteiger partial charge on any atom is 0.220 e. The fourth-order valence-corrected chi connectivity index (χ4v) is 2.83. The second kappa shape index (κ2) is 9.15. The van der Waals surface area contributed by atoms with Crippen molar-refractivity contribution >= 4 is 21.8 Å². The van der Waals surface area contributed by atoms with Gasteiger partial charge in [0.05, 0.1) is 17.6 Å². The molecule has 0 radical (unpaired) electrons. The lowest BCUT2D eigenvalue weighted by molar-refractivity contribution is -0.121. The number of carbonyl (C=O) groups is 1. The van der Waals surface area contributed by atoms with Crippen molar-refractivity contribution in [3.8, 4) is 11.4 Å². The molecule has 0 saturated carbocycles. The molecule has 7 heteroatoms. The van der Waals surface area contributed by atoms with Gasteiger partial charge in [0.15, 0.2) is 5.82 Å². The molecule has 1 N–H and O–H groups in total. The van der Waals surface area contributed by atoms with Gasteiger partial charge in [-0.05, 0) is 46.6 Å². The smallest absolute Gasteiger partial charge is 0.220 e. The number of nitrogens with zero attached hydrogens (tertiary/aromatic N) is 3. The quantitative estimate of drug-likeness (QED) is 0.572. The molecule has 1 aromatic heterocycles. The Morgan fingerprint density at radius 3 is 2.69 bits per heavy atom. The number of para-hydroxylation sites is 2. The third-order valence-electron chi connectivity index (χ3n) is 3.74. The van der Waals surface area contributed by atoms with Crippen LogP contribution in [0, 0.1) is 0 Å². The van der Waals surface area contributed by atoms with Crippen LogP contribution in [-0.4, -0.2) is 27.3 Å². The summed E-state index contributed by atoms with van der Waals surface area (Å²) in [5.74, 6) is 1.43. The van der Waals surface area contributed by atoms with E-state index in [4.69, 9.17) is 4.74 Å². The third kappa shape index (κ3) is 4.92. The van der Waals surface area contributed by atoms with E-state index >= 15 is 0 Å². The Morgan fingerprint density at radius 2 is 1.88 bits per heavy atom. The minimum atomic E-state index is -0.0386. The van der Waals surface area contributed by atoms with Crippen molar-refractivity contribution in [3.63, 3.8) is 0 Å². The second-order valence-corrected chi connectivity index (χ2v) is 6.47. The van der Waals surface area contributed by atoms with Crippen LogP contribution < -0.4 is 10.1 Å². The van der Waals surface area contributed by atoms with E-state index in [1.54, 1.807) is 6.33 Å². The molecule has 0 unspecified atom stereocenters. The largest absolute Gasteiger partial charge is 0.492 e. The van der Waals surface area contributed by atoms with Crippen molar-refractivity contribution in [1.82, 2.24) is 20.1 Å². The Kier molecular flexibility index (Phi) is 6.38. The minimum absolute atomic E-state index is 0.0386. The fraction of sp³-hybridized carbons (Fsp3) is 0.211. The highest BCUT2D eigenvalue weighted by Gasteiger charge is 2.08. The number of rotatable bonds is 8. The lowest BCUT2D eigenvalue weighted by Crippen LogP contribution is -2.24. The van der Waals surface area contributed by atoms with Crippen LogP contribution in [0.4, 0.5) is 0 Å². The summed E-state index contributed by atoms with van der Waals surface area (Å²) in [6.07, 6.45) is 2.67. The molecule has 0 bridgehead atoms. The molecule has 0 atom stereocenters. The van der Waals surface area contributed by atoms with Crippen LogP contribution in [-0.2, 0) is 11.3 Å². The fourth-order valence-electron chi connectivity index (χ4n) is 2.43. The van der Waals surface area contributed by atoms with E-state index < -0.39 is 0 Å². The van der Waals surface area contributed by atoms with Crippen molar-refractivity contribution < 1.29 is 9.53 Å². The van der Waals surface area contributed by atoms with E-state index in [9.17, 15) is 4.79 Å². The zero-order valence-corrected chi connectivity index (χ0v) is 15.7. The number of hydrogen-bond acceptors (Lipinski definition) is 4. The molecule has 26 heavy (non-hydrogen) atoms. The Morgan fingerprint density at radius 1 is 1.12 bits per heavy atom. The van der Waals surface area contributed by atoms with Gasteiger partial charge in [0.25, 0.3) is 0 Å². The molecule has 0 fully saturated rings. The zero-order chi connectivity index (χ0) is 18.2. The van der Waals surface area contributed by atoms with Gasteiger partial charge < -0.3 is 10.1 Å². The molecule has 1 amide bonds. The van der Waals surface area contributed by atoms with E-state index in [1.807, 2.05) is 59.2 Å². The lowest BCUT2D eigenvalue weighted by atomic mass is 10.3. The number of carbonyl (C=O) groups excluding carboxylic acids is 1. The summed E-state index contributed by atoms with van der Waals surface area (Å²) in [6.45, 7) is 0.815. The Bertz CT molecular complexity index is 852. The van der Waals surface area contributed by atoms with Crippen LogP contribution in [0.3, 0.4) is 0 Å². The first-order valence-corrected chi connectivity index (χ1v) is 9.11. The average molecular weight is 415 g/mol. The van der Waals surface area contributed by atoms with Gasteiger partial charge in [0, 0.05) is 12.1 Å². The Labute approximate surface area is 160 Å². The maximum absolute atomic E-state index is 12.0. The van der Waals surface area contributed by atoms with E-state index in [0.717, 1.165) is 15.9 Å². The van der Waals surface area contributed by atoms with Gasteiger partial charge in [-0.25, -0.2) is 0 Å². The van der Waals surface area contributed by atoms with Gasteiger partial charge in [0.2, 0.25) is 5.91 Å². The predicted molar refractivity (Wildman–Crippen MR) is 102 cm³/mol. The number of benzene rings is 2. The first kappa shape index (κ1) is 18.1. The molecule has 0 aliphatic carbocycles. The molecule has 0 spiro atoms. The first-order valence-electron chi connectivity index (χ1n) is 8.32. The number of halogens is 1. The zero-order valence-electron chi connectivity index (χ0n) is 14.1. The van der Waals surface area contributed by atoms with Crippen molar-refractivity contribution in [2.45, 2.75) is 19.4 Å². The summed E-state index contributed by atoms with van der Waals surface area (Å²) >= 11 is 3.43. The van der Waals surface area contributed by atoms with Crippen molar-refractivity contribution in [3.05, 3.63) is 71.2 Å². The average Bonchev–Trinajstić information content (AvgIpc) is 3.14. The molecule has 6 nitrogen and oxygen atoms in total. The van der Waals surface area contributed by atoms with Crippen molar-refractivity contribution in [2.75, 3.05) is 6.61 Å². The van der Waals surface area contributed by atoms with Gasteiger partial charge in [-0.15, -0.1) is 10.2 Å². The summed E-state index contributed by atoms with van der Waals surface area (Å²) in [6, 6.07) is 17.4. The summed E-state index contributed by atoms with van der Waals surface area (Å²) in [4.78, 5) is 12.0. The van der Waals surface area contributed by atoms with E-state index in [-0.39, 0.29) is 5.91 Å². The molecule has 2 aromatic carbocycles. The van der Waals surface area contributed by atoms with Gasteiger partial charge in [-0.2, -0.15) is 0 Å². The highest BCUT2D eigenvalue weighted by molar-refractivity contribution is 9.10. The molecule has 134 valence electrons. The highest BCUT2D eigenvalue weighted by atomic mass is 79.9. The normalized spacial score (nSPS) is 10.5. The topological polar surface area (TPSA) is 69.0 Å². The first-order chi connectivity index (χ1) is 12.7. The predicted octanol–water partition coefficient (Wildman–Crippen LogP) is 3.51. The van der Waals surface area contributed by atoms with E-state index in [2.05, 4.69) is 31.4 Å². The summed E-state index contributed by atoms with van der Waals surface area (Å²) in [7, 11) is 0. The lowest BCUT2D eigenvalue weighted by Gasteiger charge is -2.09. The van der Waals surface area contributed by atoms with Crippen LogP contribution in [0.25, 0.3) is 5.69 Å². The van der Waals surface area contributed by atoms with Crippen LogP contribution in [0.15, 0.2) is 65.4 Å². The SMILES string of the molecule is O=C(CCCOc1ccccc1Br)NCc1nncn1-c1ccccc1. The van der Waals surface area contributed by atoms with Gasteiger partial charge in [-0.1, -0.05) is 30.3 Å². The van der Waals surface area contributed by atoms with Gasteiger partial charge in [-0.3, -0.25) is 9.36 Å². The monoisotopic (exact) mass is 414 g/mol. The number of amides is 1. The van der Waals surface area contributed by atoms with Gasteiger partial charge in [0.1, 0.15) is 12.1 Å². The number of nitrogens with one attached hydrogen (secondary N) is 1. The molecule has 0 aliphatic rings. The minimum Gasteiger partial charge on any atom is -0.492 e. The van der Waals surface area contributed by atoms with Crippen LogP contribution in [0.5, 0.6) is 5.75 Å². The summed E-state index contributed by atoms with van der Waals surface area (Å²) < 4.78 is 8.43. The molecule has 1 heterocycles. The van der Waals surface area contributed by atoms with E-state index in [0.29, 0.717) is 31.8 Å². The molecule has 0 saturated heterocycles. The molecule has 3 aromatic rings. The van der Waals surface area contributed by atoms with Crippen LogP contribution in [0.1, 0.15) is 18.7 Å². The summed E-state index contributed by atoms with van der Waals surface area (Å²) in [5.41, 5.74) is 0.962. The van der Waals surface area contributed by atoms with Crippen molar-refractivity contribution in [1.29, 1.82) is 0 Å². The third-order valence-corrected chi connectivity index (χ3v) is 4.39. The highest BCUT2D eigenvalue weighted by Crippen LogP contribution is 2.23. The molecule has 3 rings (SSSR count). The summed E-state index contributed by atoms with van der Waals surface area (Å²) in [5, 5.41) is 10.9. The van der Waals surface area contributed by atoms with Crippen LogP contribution >= 0.6 is 15.9 Å². The number of hydrogen-bond donors (Lipinski definition) is 1. The molecular weight excluding hydrogens is 396 g/mol. The van der Waals surface area contributed by atoms with Crippen molar-refractivity contribution in [2.24, 2.45) is 0 Å². The molecular formula is C19H19BrN4O2. The molecule has 0 aliphatic heterocycles. The van der Waals surface area contributed by atoms with Gasteiger partial charge >= 0.3 is 0 Å². The second-order valence-electron chi connectivity index (χ2n) is 5.61. The van der Waals surface area contributed by atoms with Crippen LogP contribution in [0.2, 0.25) is 0 Å². The standard InChI is InChI=1S/C19H19BrN4O2/c20-16-9-4-5-10-17(16)26-12-6-11-19(25)21-13-18-23-22-14-24(18)15-7-2-1-3-8-15/h1-5,7-10,14H,6,11-13H2,(H,21,25). The number of ether oxygens (including phenoxy) is 1. The number of aromatic nitrogens is 3. The maximum atomic E-state index is 12.0.